The van der Waals surface area contributed by atoms with E-state index in [0.717, 1.165) is 0 Å². The molecule has 0 aromatic carbocycles. The van der Waals surface area contributed by atoms with E-state index < -0.39 is 0 Å². The molecule has 1 unspecified atom stereocenters. The Kier molecular flexibility index (Phi) is 34.0. The van der Waals surface area contributed by atoms with Gasteiger partial charge < -0.3 is 0 Å². The van der Waals surface area contributed by atoms with Crippen molar-refractivity contribution in [3.8, 4) is 0 Å². The highest BCUT2D eigenvalue weighted by Gasteiger charge is 2.02. The Morgan fingerprint density at radius 2 is 0.432 bits per heavy atom. The quantitative estimate of drug-likeness (QED) is 0.0756. The predicted octanol–water partition coefficient (Wildman–Crippen LogP) is 14.3. The molecule has 0 aliphatic rings. The number of hydrogen-bond donors (Lipinski definition) is 0. The van der Waals surface area contributed by atoms with Gasteiger partial charge >= 0.3 is 0 Å². The highest BCUT2D eigenvalue weighted by molar-refractivity contribution is 4.62. The lowest BCUT2D eigenvalue weighted by Crippen LogP contribution is -1.95. The van der Waals surface area contributed by atoms with Gasteiger partial charge in [0.1, 0.15) is 0 Å². The Bertz CT molecular complexity index is 372. The van der Waals surface area contributed by atoms with Crippen LogP contribution in [0.1, 0.15) is 226 Å². The predicted molar refractivity (Wildman–Crippen MR) is 173 cm³/mol. The molecule has 0 heteroatoms. The van der Waals surface area contributed by atoms with Gasteiger partial charge in [0.05, 0.1) is 0 Å². The molecular weight excluding hydrogens is 444 g/mol. The van der Waals surface area contributed by atoms with Gasteiger partial charge in [-0.1, -0.05) is 233 Å². The van der Waals surface area contributed by atoms with Crippen LogP contribution in [0.15, 0.2) is 0 Å². The fourth-order valence-electron chi connectivity index (χ4n) is 5.93. The zero-order valence-corrected chi connectivity index (χ0v) is 26.6. The summed E-state index contributed by atoms with van der Waals surface area (Å²) in [5.74, 6) is 0.717. The summed E-state index contributed by atoms with van der Waals surface area (Å²) in [5.41, 5.74) is 0. The third-order valence-electron chi connectivity index (χ3n) is 8.68. The summed E-state index contributed by atoms with van der Waals surface area (Å²) in [5, 5.41) is 0. The van der Waals surface area contributed by atoms with E-state index in [1.165, 1.54) is 212 Å². The second kappa shape index (κ2) is 34.0. The molecule has 0 aliphatic carbocycles. The summed E-state index contributed by atoms with van der Waals surface area (Å²) in [6.07, 6.45) is 48.1. The van der Waals surface area contributed by atoms with Crippen molar-refractivity contribution >= 4 is 0 Å². The average Bonchev–Trinajstić information content (AvgIpc) is 2.90. The SMILES string of the molecule is [CH2]C(CCCCCCCCCCCCC)CCCCCCCCCCCCCCCCCCCCCC. The standard InChI is InChI=1S/C37H75/c1-4-6-8-10-12-14-16-17-18-19-20-21-22-23-24-26-28-30-32-34-36-37(3)35-33-31-29-27-25-15-13-11-9-7-5-2/h37H,3-36H2,1-2H3. The lowest BCUT2D eigenvalue weighted by atomic mass is 9.95. The lowest BCUT2D eigenvalue weighted by molar-refractivity contribution is 0.459. The lowest BCUT2D eigenvalue weighted by Gasteiger charge is -2.11. The van der Waals surface area contributed by atoms with Crippen molar-refractivity contribution in [2.75, 3.05) is 0 Å². The number of unbranched alkanes of at least 4 members (excludes halogenated alkanes) is 29. The Labute approximate surface area is 238 Å². The Morgan fingerprint density at radius 3 is 0.622 bits per heavy atom. The summed E-state index contributed by atoms with van der Waals surface area (Å²) in [6, 6.07) is 0. The molecule has 1 radical (unpaired) electrons. The molecule has 0 saturated heterocycles. The van der Waals surface area contributed by atoms with Crippen LogP contribution < -0.4 is 0 Å². The van der Waals surface area contributed by atoms with Gasteiger partial charge in [0, 0.05) is 0 Å². The van der Waals surface area contributed by atoms with Crippen LogP contribution >= 0.6 is 0 Å². The van der Waals surface area contributed by atoms with E-state index in [9.17, 15) is 0 Å². The molecule has 0 N–H and O–H groups in total. The van der Waals surface area contributed by atoms with Gasteiger partial charge in [-0.25, -0.2) is 0 Å². The molecule has 223 valence electrons. The molecule has 1 atom stereocenters. The van der Waals surface area contributed by atoms with Crippen molar-refractivity contribution in [3.63, 3.8) is 0 Å². The highest BCUT2D eigenvalue weighted by Crippen LogP contribution is 2.19. The smallest absolute Gasteiger partial charge is 0.0414 e. The van der Waals surface area contributed by atoms with Crippen LogP contribution in [0.3, 0.4) is 0 Å². The van der Waals surface area contributed by atoms with E-state index in [1.54, 1.807) is 0 Å². The van der Waals surface area contributed by atoms with Crippen LogP contribution in [0.2, 0.25) is 0 Å². The monoisotopic (exact) mass is 520 g/mol. The first-order chi connectivity index (χ1) is 18.3. The van der Waals surface area contributed by atoms with Crippen molar-refractivity contribution < 1.29 is 0 Å². The highest BCUT2D eigenvalue weighted by atomic mass is 14.1. The van der Waals surface area contributed by atoms with Crippen LogP contribution in [-0.4, -0.2) is 0 Å². The Hall–Kier alpha value is 0. The normalized spacial score (nSPS) is 12.4. The van der Waals surface area contributed by atoms with Crippen LogP contribution in [0.25, 0.3) is 0 Å². The van der Waals surface area contributed by atoms with E-state index in [-0.39, 0.29) is 0 Å². The Morgan fingerprint density at radius 1 is 0.270 bits per heavy atom. The van der Waals surface area contributed by atoms with Crippen LogP contribution in [0.4, 0.5) is 0 Å². The first-order valence-corrected chi connectivity index (χ1v) is 18.1. The van der Waals surface area contributed by atoms with Gasteiger partial charge in [-0.2, -0.15) is 0 Å². The minimum Gasteiger partial charge on any atom is -0.0654 e. The van der Waals surface area contributed by atoms with Gasteiger partial charge in [0.15, 0.2) is 0 Å². The minimum absolute atomic E-state index is 0.717. The summed E-state index contributed by atoms with van der Waals surface area (Å²) in [4.78, 5) is 0. The van der Waals surface area contributed by atoms with Crippen molar-refractivity contribution in [3.05, 3.63) is 6.92 Å². The second-order valence-electron chi connectivity index (χ2n) is 12.7. The largest absolute Gasteiger partial charge is 0.0654 e. The molecule has 0 aromatic rings. The summed E-state index contributed by atoms with van der Waals surface area (Å²) < 4.78 is 0. The third-order valence-corrected chi connectivity index (χ3v) is 8.68. The molecule has 0 saturated carbocycles. The maximum atomic E-state index is 4.44. The summed E-state index contributed by atoms with van der Waals surface area (Å²) in [6.45, 7) is 9.05. The van der Waals surface area contributed by atoms with Gasteiger partial charge in [-0.15, -0.1) is 0 Å². The Balaban J connectivity index is 3.12. The topological polar surface area (TPSA) is 0 Å². The molecule has 0 nitrogen and oxygen atoms in total. The first kappa shape index (κ1) is 37.0. The van der Waals surface area contributed by atoms with Crippen molar-refractivity contribution in [1.29, 1.82) is 0 Å². The van der Waals surface area contributed by atoms with E-state index in [4.69, 9.17) is 0 Å². The fraction of sp³-hybridized carbons (Fsp3) is 0.973. The zero-order valence-electron chi connectivity index (χ0n) is 26.6. The molecule has 37 heavy (non-hydrogen) atoms. The third kappa shape index (κ3) is 34.0. The van der Waals surface area contributed by atoms with E-state index in [1.807, 2.05) is 0 Å². The van der Waals surface area contributed by atoms with Crippen LogP contribution in [0, 0.1) is 12.8 Å². The molecule has 0 aliphatic heterocycles. The molecular formula is C37H75. The minimum atomic E-state index is 0.717. The molecule has 0 aromatic heterocycles. The van der Waals surface area contributed by atoms with Gasteiger partial charge in [-0.3, -0.25) is 0 Å². The van der Waals surface area contributed by atoms with Gasteiger partial charge in [-0.05, 0) is 5.92 Å². The number of rotatable bonds is 33. The first-order valence-electron chi connectivity index (χ1n) is 18.1. The number of hydrogen-bond acceptors (Lipinski definition) is 0. The van der Waals surface area contributed by atoms with E-state index >= 15 is 0 Å². The van der Waals surface area contributed by atoms with E-state index in [2.05, 4.69) is 20.8 Å². The van der Waals surface area contributed by atoms with Crippen molar-refractivity contribution in [1.82, 2.24) is 0 Å². The molecule has 0 heterocycles. The fourth-order valence-corrected chi connectivity index (χ4v) is 5.93. The van der Waals surface area contributed by atoms with Crippen LogP contribution in [-0.2, 0) is 0 Å². The summed E-state index contributed by atoms with van der Waals surface area (Å²) >= 11 is 0. The molecule has 0 bridgehead atoms. The molecule has 0 amide bonds. The molecule has 0 fully saturated rings. The van der Waals surface area contributed by atoms with E-state index in [0.29, 0.717) is 5.92 Å². The van der Waals surface area contributed by atoms with Gasteiger partial charge in [0.2, 0.25) is 0 Å². The maximum Gasteiger partial charge on any atom is -0.0414 e. The molecule has 0 rings (SSSR count). The maximum absolute atomic E-state index is 4.44. The zero-order chi connectivity index (χ0) is 26.9. The van der Waals surface area contributed by atoms with Crippen LogP contribution in [0.5, 0.6) is 0 Å². The second-order valence-corrected chi connectivity index (χ2v) is 12.7. The summed E-state index contributed by atoms with van der Waals surface area (Å²) in [7, 11) is 0. The van der Waals surface area contributed by atoms with Gasteiger partial charge in [0.25, 0.3) is 0 Å². The molecule has 0 spiro atoms. The van der Waals surface area contributed by atoms with Crippen molar-refractivity contribution in [2.24, 2.45) is 5.92 Å². The van der Waals surface area contributed by atoms with Crippen molar-refractivity contribution in [2.45, 2.75) is 226 Å². The average molecular weight is 520 g/mol.